The standard InChI is InChI=1S/C13H11N5O2/c19-13(20)9-3-1-2-8(4-9)5-14-11-10-12(16-6-15-10)18-7-17-11/h1-4,6-7H,5H2,(H,19,20)(H2,14,15,16,17,18). The van der Waals surface area contributed by atoms with Gasteiger partial charge in [0.2, 0.25) is 0 Å². The van der Waals surface area contributed by atoms with Crippen LogP contribution in [0.5, 0.6) is 0 Å². The fraction of sp³-hybridized carbons (Fsp3) is 0.0769. The number of aromatic carboxylic acids is 1. The Morgan fingerprint density at radius 3 is 3.05 bits per heavy atom. The minimum Gasteiger partial charge on any atom is -0.478 e. The topological polar surface area (TPSA) is 104 Å². The number of nitrogens with zero attached hydrogens (tertiary/aromatic N) is 3. The molecule has 0 bridgehead atoms. The lowest BCUT2D eigenvalue weighted by molar-refractivity contribution is 0.0697. The predicted octanol–water partition coefficient (Wildman–Crippen LogP) is 1.66. The van der Waals surface area contributed by atoms with Crippen molar-refractivity contribution in [3.8, 4) is 0 Å². The number of anilines is 1. The van der Waals surface area contributed by atoms with Crippen LogP contribution in [0.25, 0.3) is 11.2 Å². The fourth-order valence-corrected chi connectivity index (χ4v) is 1.90. The molecule has 0 fully saturated rings. The van der Waals surface area contributed by atoms with Gasteiger partial charge in [-0.05, 0) is 17.7 Å². The van der Waals surface area contributed by atoms with Crippen molar-refractivity contribution in [1.82, 2.24) is 19.9 Å². The Labute approximate surface area is 113 Å². The molecule has 3 N–H and O–H groups in total. The zero-order valence-electron chi connectivity index (χ0n) is 10.4. The van der Waals surface area contributed by atoms with E-state index in [9.17, 15) is 4.79 Å². The van der Waals surface area contributed by atoms with E-state index < -0.39 is 5.97 Å². The molecule has 3 aromatic rings. The Bertz CT molecular complexity index is 768. The maximum Gasteiger partial charge on any atom is 0.335 e. The van der Waals surface area contributed by atoms with E-state index in [1.165, 1.54) is 6.33 Å². The molecule has 0 saturated carbocycles. The van der Waals surface area contributed by atoms with Crippen LogP contribution in [-0.4, -0.2) is 31.0 Å². The number of nitrogens with one attached hydrogen (secondary N) is 2. The molecular formula is C13H11N5O2. The van der Waals surface area contributed by atoms with Gasteiger partial charge in [0.1, 0.15) is 11.8 Å². The summed E-state index contributed by atoms with van der Waals surface area (Å²) in [6.45, 7) is 0.465. The minimum absolute atomic E-state index is 0.263. The highest BCUT2D eigenvalue weighted by Crippen LogP contribution is 2.15. The van der Waals surface area contributed by atoms with Gasteiger partial charge in [-0.25, -0.2) is 19.7 Å². The van der Waals surface area contributed by atoms with Crippen LogP contribution >= 0.6 is 0 Å². The molecule has 2 heterocycles. The largest absolute Gasteiger partial charge is 0.478 e. The van der Waals surface area contributed by atoms with Crippen LogP contribution in [-0.2, 0) is 6.54 Å². The zero-order chi connectivity index (χ0) is 13.9. The Hall–Kier alpha value is -2.96. The van der Waals surface area contributed by atoms with Gasteiger partial charge in [-0.15, -0.1) is 0 Å². The van der Waals surface area contributed by atoms with Gasteiger partial charge in [0.05, 0.1) is 11.9 Å². The van der Waals surface area contributed by atoms with Crippen LogP contribution in [0.4, 0.5) is 5.82 Å². The number of imidazole rings is 1. The molecule has 2 aromatic heterocycles. The Balaban J connectivity index is 1.81. The average Bonchev–Trinajstić information content (AvgIpc) is 2.94. The third-order valence-electron chi connectivity index (χ3n) is 2.86. The van der Waals surface area contributed by atoms with Crippen molar-refractivity contribution < 1.29 is 9.90 Å². The summed E-state index contributed by atoms with van der Waals surface area (Å²) >= 11 is 0. The van der Waals surface area contributed by atoms with Crippen molar-refractivity contribution in [2.75, 3.05) is 5.32 Å². The fourth-order valence-electron chi connectivity index (χ4n) is 1.90. The Kier molecular flexibility index (Phi) is 3.00. The summed E-state index contributed by atoms with van der Waals surface area (Å²) in [4.78, 5) is 26.1. The monoisotopic (exact) mass is 269 g/mol. The van der Waals surface area contributed by atoms with E-state index in [-0.39, 0.29) is 5.56 Å². The molecule has 0 atom stereocenters. The van der Waals surface area contributed by atoms with E-state index in [0.29, 0.717) is 18.0 Å². The molecule has 0 aliphatic heterocycles. The number of carbonyl (C=O) groups is 1. The van der Waals surface area contributed by atoms with E-state index in [0.717, 1.165) is 11.1 Å². The highest BCUT2D eigenvalue weighted by molar-refractivity contribution is 5.87. The maximum absolute atomic E-state index is 10.9. The number of rotatable bonds is 4. The van der Waals surface area contributed by atoms with Gasteiger partial charge in [0.25, 0.3) is 0 Å². The molecule has 7 heteroatoms. The zero-order valence-corrected chi connectivity index (χ0v) is 10.4. The van der Waals surface area contributed by atoms with Crippen LogP contribution in [0.1, 0.15) is 15.9 Å². The van der Waals surface area contributed by atoms with Gasteiger partial charge in [-0.1, -0.05) is 12.1 Å². The molecule has 0 aliphatic carbocycles. The summed E-state index contributed by atoms with van der Waals surface area (Å²) in [6.07, 6.45) is 2.98. The first-order valence-corrected chi connectivity index (χ1v) is 5.94. The third kappa shape index (κ3) is 2.28. The van der Waals surface area contributed by atoms with Crippen LogP contribution < -0.4 is 5.32 Å². The lowest BCUT2D eigenvalue weighted by Gasteiger charge is -2.06. The predicted molar refractivity (Wildman–Crippen MR) is 72.4 cm³/mol. The van der Waals surface area contributed by atoms with Gasteiger partial charge < -0.3 is 15.4 Å². The number of carboxylic acid groups (broad SMARTS) is 1. The Morgan fingerprint density at radius 1 is 1.30 bits per heavy atom. The molecule has 1 aromatic carbocycles. The SMILES string of the molecule is O=C(O)c1cccc(CNc2ncnc3nc[nH]c23)c1. The summed E-state index contributed by atoms with van der Waals surface area (Å²) in [7, 11) is 0. The van der Waals surface area contributed by atoms with Crippen molar-refractivity contribution >= 4 is 23.0 Å². The quantitative estimate of drug-likeness (QED) is 0.665. The lowest BCUT2D eigenvalue weighted by atomic mass is 10.1. The highest BCUT2D eigenvalue weighted by atomic mass is 16.4. The van der Waals surface area contributed by atoms with Crippen LogP contribution in [0, 0.1) is 0 Å². The molecule has 100 valence electrons. The first kappa shape index (κ1) is 12.1. The summed E-state index contributed by atoms with van der Waals surface area (Å²) in [5.74, 6) is -0.307. The number of aromatic nitrogens is 4. The van der Waals surface area contributed by atoms with E-state index in [2.05, 4.69) is 25.3 Å². The molecular weight excluding hydrogens is 258 g/mol. The normalized spacial score (nSPS) is 10.6. The van der Waals surface area contributed by atoms with Gasteiger partial charge in [-0.3, -0.25) is 0 Å². The van der Waals surface area contributed by atoms with Crippen molar-refractivity contribution in [2.45, 2.75) is 6.54 Å². The number of benzene rings is 1. The van der Waals surface area contributed by atoms with Gasteiger partial charge in [-0.2, -0.15) is 0 Å². The first-order valence-electron chi connectivity index (χ1n) is 5.94. The van der Waals surface area contributed by atoms with Crippen molar-refractivity contribution in [2.24, 2.45) is 0 Å². The molecule has 0 spiro atoms. The number of fused-ring (bicyclic) bond motifs is 1. The molecule has 7 nitrogen and oxygen atoms in total. The first-order chi connectivity index (χ1) is 9.74. The maximum atomic E-state index is 10.9. The number of H-pyrrole nitrogens is 1. The highest BCUT2D eigenvalue weighted by Gasteiger charge is 2.06. The van der Waals surface area contributed by atoms with E-state index in [4.69, 9.17) is 5.11 Å². The van der Waals surface area contributed by atoms with Crippen LogP contribution in [0.2, 0.25) is 0 Å². The van der Waals surface area contributed by atoms with Crippen molar-refractivity contribution in [3.63, 3.8) is 0 Å². The van der Waals surface area contributed by atoms with Gasteiger partial charge >= 0.3 is 5.97 Å². The summed E-state index contributed by atoms with van der Waals surface area (Å²) in [5, 5.41) is 12.1. The second kappa shape index (κ2) is 4.96. The van der Waals surface area contributed by atoms with E-state index >= 15 is 0 Å². The molecule has 0 saturated heterocycles. The van der Waals surface area contributed by atoms with Crippen molar-refractivity contribution in [1.29, 1.82) is 0 Å². The van der Waals surface area contributed by atoms with E-state index in [1.807, 2.05) is 6.07 Å². The van der Waals surface area contributed by atoms with Crippen molar-refractivity contribution in [3.05, 3.63) is 48.0 Å². The molecule has 0 aliphatic rings. The second-order valence-electron chi connectivity index (χ2n) is 4.18. The van der Waals surface area contributed by atoms with Crippen LogP contribution in [0.15, 0.2) is 36.9 Å². The molecule has 0 unspecified atom stereocenters. The number of carboxylic acids is 1. The minimum atomic E-state index is -0.940. The number of aromatic amines is 1. The summed E-state index contributed by atoms with van der Waals surface area (Å²) < 4.78 is 0. The second-order valence-corrected chi connectivity index (χ2v) is 4.18. The van der Waals surface area contributed by atoms with Crippen LogP contribution in [0.3, 0.4) is 0 Å². The van der Waals surface area contributed by atoms with Gasteiger partial charge in [0, 0.05) is 6.54 Å². The van der Waals surface area contributed by atoms with E-state index in [1.54, 1.807) is 24.5 Å². The molecule has 3 rings (SSSR count). The molecule has 20 heavy (non-hydrogen) atoms. The number of hydrogen-bond acceptors (Lipinski definition) is 5. The lowest BCUT2D eigenvalue weighted by Crippen LogP contribution is -2.04. The number of hydrogen-bond donors (Lipinski definition) is 3. The third-order valence-corrected chi connectivity index (χ3v) is 2.86. The smallest absolute Gasteiger partial charge is 0.335 e. The summed E-state index contributed by atoms with van der Waals surface area (Å²) in [5.41, 5.74) is 2.43. The molecule has 0 amide bonds. The average molecular weight is 269 g/mol. The summed E-state index contributed by atoms with van der Waals surface area (Å²) in [6, 6.07) is 6.75. The molecule has 0 radical (unpaired) electrons. The Morgan fingerprint density at radius 2 is 2.20 bits per heavy atom. The van der Waals surface area contributed by atoms with Gasteiger partial charge in [0.15, 0.2) is 11.5 Å².